The largest absolute Gasteiger partial charge is 0.384 e. The Kier molecular flexibility index (Phi) is 4.97. The van der Waals surface area contributed by atoms with E-state index < -0.39 is 0 Å². The van der Waals surface area contributed by atoms with E-state index >= 15 is 0 Å². The van der Waals surface area contributed by atoms with Crippen LogP contribution in [0, 0.1) is 0 Å². The fourth-order valence-electron chi connectivity index (χ4n) is 1.02. The van der Waals surface area contributed by atoms with Crippen molar-refractivity contribution in [2.24, 2.45) is 0 Å². The lowest BCUT2D eigenvalue weighted by Crippen LogP contribution is -2.17. The number of nitrogens with two attached hydrogens (primary N) is 1. The second kappa shape index (κ2) is 6.29. The molecule has 1 aromatic rings. The summed E-state index contributed by atoms with van der Waals surface area (Å²) in [6.45, 7) is 0. The molecule has 15 heavy (non-hydrogen) atoms. The highest BCUT2D eigenvalue weighted by Crippen LogP contribution is 2.18. The van der Waals surface area contributed by atoms with Crippen molar-refractivity contribution in [2.75, 3.05) is 18.5 Å². The van der Waals surface area contributed by atoms with Gasteiger partial charge in [0.1, 0.15) is 5.82 Å². The third kappa shape index (κ3) is 4.69. The third-order valence-corrected chi connectivity index (χ3v) is 2.92. The van der Waals surface area contributed by atoms with Crippen LogP contribution in [0.2, 0.25) is 0 Å². The van der Waals surface area contributed by atoms with Gasteiger partial charge >= 0.3 is 0 Å². The van der Waals surface area contributed by atoms with Gasteiger partial charge in [0.25, 0.3) is 0 Å². The van der Waals surface area contributed by atoms with Crippen molar-refractivity contribution < 1.29 is 4.79 Å². The van der Waals surface area contributed by atoms with Crippen LogP contribution in [0.1, 0.15) is 12.8 Å². The summed E-state index contributed by atoms with van der Waals surface area (Å²) in [5.41, 5.74) is 5.47. The van der Waals surface area contributed by atoms with Crippen LogP contribution in [-0.4, -0.2) is 23.7 Å². The molecule has 0 radical (unpaired) electrons. The standard InChI is InChI=1S/C10H15N3OS/c1-12-10(14)3-2-6-15-8-4-5-9(11)13-7-8/h4-5,7H,2-3,6H2,1H3,(H2,11,13)(H,12,14). The molecule has 0 aromatic carbocycles. The average Bonchev–Trinajstić information content (AvgIpc) is 2.26. The first kappa shape index (κ1) is 11.8. The van der Waals surface area contributed by atoms with Gasteiger partial charge in [-0.2, -0.15) is 0 Å². The molecule has 5 heteroatoms. The van der Waals surface area contributed by atoms with Gasteiger partial charge in [0.2, 0.25) is 5.91 Å². The summed E-state index contributed by atoms with van der Waals surface area (Å²) in [6.07, 6.45) is 3.19. The Hall–Kier alpha value is -1.23. The number of pyridine rings is 1. The van der Waals surface area contributed by atoms with E-state index in [0.717, 1.165) is 17.1 Å². The lowest BCUT2D eigenvalue weighted by Gasteiger charge is -2.01. The number of carbonyl (C=O) groups excluding carboxylic acids is 1. The SMILES string of the molecule is CNC(=O)CCCSc1ccc(N)nc1. The fraction of sp³-hybridized carbons (Fsp3) is 0.400. The van der Waals surface area contributed by atoms with Gasteiger partial charge in [0.05, 0.1) is 0 Å². The van der Waals surface area contributed by atoms with Crippen LogP contribution in [-0.2, 0) is 4.79 Å². The fourth-order valence-corrected chi connectivity index (χ4v) is 1.84. The van der Waals surface area contributed by atoms with Gasteiger partial charge in [-0.05, 0) is 24.3 Å². The molecule has 0 saturated heterocycles. The number of nitrogens with one attached hydrogen (secondary N) is 1. The van der Waals surface area contributed by atoms with E-state index in [2.05, 4.69) is 10.3 Å². The maximum Gasteiger partial charge on any atom is 0.219 e. The average molecular weight is 225 g/mol. The molecule has 82 valence electrons. The van der Waals surface area contributed by atoms with Crippen LogP contribution < -0.4 is 11.1 Å². The van der Waals surface area contributed by atoms with Crippen molar-refractivity contribution in [3.63, 3.8) is 0 Å². The molecule has 0 aliphatic heterocycles. The molecule has 0 saturated carbocycles. The quantitative estimate of drug-likeness (QED) is 0.585. The minimum atomic E-state index is 0.0889. The van der Waals surface area contributed by atoms with Crippen molar-refractivity contribution in [2.45, 2.75) is 17.7 Å². The van der Waals surface area contributed by atoms with Crippen molar-refractivity contribution in [1.29, 1.82) is 0 Å². The van der Waals surface area contributed by atoms with Gasteiger partial charge < -0.3 is 11.1 Å². The molecule has 1 aromatic heterocycles. The Bertz CT molecular complexity index is 313. The molecule has 0 aliphatic rings. The molecular weight excluding hydrogens is 210 g/mol. The van der Waals surface area contributed by atoms with Crippen molar-refractivity contribution in [3.05, 3.63) is 18.3 Å². The van der Waals surface area contributed by atoms with Crippen molar-refractivity contribution >= 4 is 23.5 Å². The zero-order valence-corrected chi connectivity index (χ0v) is 9.51. The number of carbonyl (C=O) groups is 1. The predicted molar refractivity (Wildman–Crippen MR) is 62.7 cm³/mol. The topological polar surface area (TPSA) is 68.0 Å². The Labute approximate surface area is 93.7 Å². The number of amides is 1. The maximum atomic E-state index is 10.9. The van der Waals surface area contributed by atoms with E-state index in [1.807, 2.05) is 6.07 Å². The zero-order valence-electron chi connectivity index (χ0n) is 8.69. The number of rotatable bonds is 5. The van der Waals surface area contributed by atoms with E-state index in [-0.39, 0.29) is 5.91 Å². The number of nitrogen functional groups attached to an aromatic ring is 1. The second-order valence-electron chi connectivity index (χ2n) is 3.04. The first-order chi connectivity index (χ1) is 7.22. The summed E-state index contributed by atoms with van der Waals surface area (Å²) >= 11 is 1.68. The minimum absolute atomic E-state index is 0.0889. The summed E-state index contributed by atoms with van der Waals surface area (Å²) in [5.74, 6) is 1.54. The normalized spacial score (nSPS) is 9.93. The van der Waals surface area contributed by atoms with Crippen LogP contribution in [0.25, 0.3) is 0 Å². The predicted octanol–water partition coefficient (Wildman–Crippen LogP) is 1.28. The van der Waals surface area contributed by atoms with Crippen molar-refractivity contribution in [1.82, 2.24) is 10.3 Å². The molecule has 1 heterocycles. The molecule has 0 spiro atoms. The molecule has 3 N–H and O–H groups in total. The van der Waals surface area contributed by atoms with E-state index in [1.165, 1.54) is 0 Å². The van der Waals surface area contributed by atoms with Gasteiger partial charge in [-0.3, -0.25) is 4.79 Å². The highest BCUT2D eigenvalue weighted by atomic mass is 32.2. The number of thioether (sulfide) groups is 1. The molecule has 0 fully saturated rings. The van der Waals surface area contributed by atoms with Crippen LogP contribution in [0.15, 0.2) is 23.2 Å². The van der Waals surface area contributed by atoms with Gasteiger partial charge in [-0.25, -0.2) is 4.98 Å². The number of hydrogen-bond donors (Lipinski definition) is 2. The Morgan fingerprint density at radius 2 is 2.40 bits per heavy atom. The monoisotopic (exact) mass is 225 g/mol. The number of aromatic nitrogens is 1. The molecule has 1 amide bonds. The van der Waals surface area contributed by atoms with Crippen molar-refractivity contribution in [3.8, 4) is 0 Å². The summed E-state index contributed by atoms with van der Waals surface area (Å²) < 4.78 is 0. The first-order valence-corrected chi connectivity index (χ1v) is 5.76. The third-order valence-electron chi connectivity index (χ3n) is 1.85. The molecule has 0 bridgehead atoms. The van der Waals surface area contributed by atoms with E-state index in [4.69, 9.17) is 5.73 Å². The lowest BCUT2D eigenvalue weighted by molar-refractivity contribution is -0.120. The zero-order chi connectivity index (χ0) is 11.1. The van der Waals surface area contributed by atoms with Gasteiger partial charge in [-0.1, -0.05) is 0 Å². The molecular formula is C10H15N3OS. The molecule has 1 rings (SSSR count). The maximum absolute atomic E-state index is 10.9. The summed E-state index contributed by atoms with van der Waals surface area (Å²) in [6, 6.07) is 3.72. The van der Waals surface area contributed by atoms with Gasteiger partial charge in [0.15, 0.2) is 0 Å². The number of hydrogen-bond acceptors (Lipinski definition) is 4. The minimum Gasteiger partial charge on any atom is -0.384 e. The van der Waals surface area contributed by atoms with E-state index in [1.54, 1.807) is 31.1 Å². The second-order valence-corrected chi connectivity index (χ2v) is 4.21. The van der Waals surface area contributed by atoms with Crippen LogP contribution >= 0.6 is 11.8 Å². The Morgan fingerprint density at radius 1 is 1.60 bits per heavy atom. The van der Waals surface area contributed by atoms with E-state index in [0.29, 0.717) is 12.2 Å². The molecule has 0 aliphatic carbocycles. The van der Waals surface area contributed by atoms with Gasteiger partial charge in [0, 0.05) is 24.6 Å². The molecule has 0 atom stereocenters. The van der Waals surface area contributed by atoms with Crippen LogP contribution in [0.4, 0.5) is 5.82 Å². The highest BCUT2D eigenvalue weighted by molar-refractivity contribution is 7.99. The first-order valence-electron chi connectivity index (χ1n) is 4.77. The van der Waals surface area contributed by atoms with Crippen LogP contribution in [0.3, 0.4) is 0 Å². The Balaban J connectivity index is 2.20. The summed E-state index contributed by atoms with van der Waals surface area (Å²) in [5, 5.41) is 2.59. The van der Waals surface area contributed by atoms with E-state index in [9.17, 15) is 4.79 Å². The Morgan fingerprint density at radius 3 is 3.00 bits per heavy atom. The smallest absolute Gasteiger partial charge is 0.219 e. The van der Waals surface area contributed by atoms with Crippen LogP contribution in [0.5, 0.6) is 0 Å². The van der Waals surface area contributed by atoms with Gasteiger partial charge in [-0.15, -0.1) is 11.8 Å². The number of anilines is 1. The summed E-state index contributed by atoms with van der Waals surface area (Å²) in [7, 11) is 1.65. The molecule has 4 nitrogen and oxygen atoms in total. The highest BCUT2D eigenvalue weighted by Gasteiger charge is 1.98. The molecule has 0 unspecified atom stereocenters. The summed E-state index contributed by atoms with van der Waals surface area (Å²) in [4.78, 5) is 16.0. The lowest BCUT2D eigenvalue weighted by atomic mass is 10.3. The number of nitrogens with zero attached hydrogens (tertiary/aromatic N) is 1.